The van der Waals surface area contributed by atoms with E-state index in [0.29, 0.717) is 5.82 Å². The second-order valence-corrected chi connectivity index (χ2v) is 6.31. The van der Waals surface area contributed by atoms with Gasteiger partial charge in [-0.1, -0.05) is 6.07 Å². The number of anilines is 1. The van der Waals surface area contributed by atoms with Crippen molar-refractivity contribution in [3.8, 4) is 0 Å². The molecule has 17 heavy (non-hydrogen) atoms. The van der Waals surface area contributed by atoms with Crippen molar-refractivity contribution in [3.05, 3.63) is 23.9 Å². The summed E-state index contributed by atoms with van der Waals surface area (Å²) in [7, 11) is -4.03. The van der Waals surface area contributed by atoms with Gasteiger partial charge >= 0.3 is 38.7 Å². The minimum atomic E-state index is -4.18. The Balaban J connectivity index is 0. The number of nitrogens with zero attached hydrogens (tertiary/aromatic N) is 1. The van der Waals surface area contributed by atoms with Gasteiger partial charge in [-0.25, -0.2) is 4.98 Å². The third-order valence-corrected chi connectivity index (χ3v) is 3.44. The Morgan fingerprint density at radius 2 is 2.24 bits per heavy atom. The van der Waals surface area contributed by atoms with Gasteiger partial charge in [0.05, 0.1) is 5.75 Å². The van der Waals surface area contributed by atoms with E-state index in [2.05, 4.69) is 10.3 Å². The summed E-state index contributed by atoms with van der Waals surface area (Å²) >= 11 is 0. The zero-order valence-corrected chi connectivity index (χ0v) is 13.0. The fraction of sp³-hybridized carbons (Fsp3) is 0.250. The number of nitrogens with one attached hydrogen (secondary N) is 1. The average Bonchev–Trinajstić information content (AvgIpc) is 2.18. The fourth-order valence-corrected chi connectivity index (χ4v) is 1.94. The molecule has 0 saturated carbocycles. The number of rotatable bonds is 4. The van der Waals surface area contributed by atoms with Crippen LogP contribution in [0.5, 0.6) is 0 Å². The van der Waals surface area contributed by atoms with Crippen molar-refractivity contribution in [1.82, 2.24) is 4.98 Å². The van der Waals surface area contributed by atoms with E-state index in [1.54, 1.807) is 18.3 Å². The summed E-state index contributed by atoms with van der Waals surface area (Å²) in [5, 5.41) is 2.40. The van der Waals surface area contributed by atoms with Crippen LogP contribution in [0.15, 0.2) is 18.3 Å². The molecule has 0 aromatic carbocycles. The molecular weight excluding hydrogens is 275 g/mol. The fourth-order valence-electron chi connectivity index (χ4n) is 0.849. The van der Waals surface area contributed by atoms with Crippen LogP contribution in [0.25, 0.3) is 0 Å². The van der Waals surface area contributed by atoms with E-state index in [1.807, 2.05) is 6.92 Å². The second-order valence-electron chi connectivity index (χ2n) is 2.96. The first-order valence-corrected chi connectivity index (χ1v) is 7.15. The molecule has 0 unspecified atom stereocenters. The zero-order chi connectivity index (χ0) is 12.2. The molecule has 90 valence electrons. The van der Waals surface area contributed by atoms with Gasteiger partial charge in [-0.3, -0.25) is 9.35 Å². The van der Waals surface area contributed by atoms with E-state index in [0.717, 1.165) is 5.56 Å². The van der Waals surface area contributed by atoms with E-state index in [-0.39, 0.29) is 47.5 Å². The SMILES string of the molecule is Cc1ccc(NC(=O)CSS(=O)(=O)O)nc1.[H-].[Na+]. The van der Waals surface area contributed by atoms with Crippen LogP contribution in [-0.4, -0.2) is 29.6 Å². The first-order chi connectivity index (χ1) is 7.37. The Morgan fingerprint density at radius 1 is 1.59 bits per heavy atom. The van der Waals surface area contributed by atoms with Gasteiger partial charge in [0.1, 0.15) is 5.82 Å². The van der Waals surface area contributed by atoms with Crippen molar-refractivity contribution in [3.63, 3.8) is 0 Å². The molecule has 0 aliphatic heterocycles. The van der Waals surface area contributed by atoms with Gasteiger partial charge in [-0.2, -0.15) is 8.42 Å². The van der Waals surface area contributed by atoms with Crippen molar-refractivity contribution in [2.24, 2.45) is 0 Å². The molecule has 1 aromatic rings. The molecule has 0 atom stereocenters. The summed E-state index contributed by atoms with van der Waals surface area (Å²) in [5.41, 5.74) is 0.949. The van der Waals surface area contributed by atoms with Crippen molar-refractivity contribution >= 4 is 31.7 Å². The minimum absolute atomic E-state index is 0. The van der Waals surface area contributed by atoms with Crippen LogP contribution >= 0.6 is 10.8 Å². The normalized spacial score (nSPS) is 10.5. The van der Waals surface area contributed by atoms with Crippen LogP contribution in [0.1, 0.15) is 6.99 Å². The van der Waals surface area contributed by atoms with E-state index in [1.165, 1.54) is 0 Å². The van der Waals surface area contributed by atoms with Crippen LogP contribution < -0.4 is 34.9 Å². The molecule has 0 aliphatic rings. The van der Waals surface area contributed by atoms with E-state index in [9.17, 15) is 13.2 Å². The number of carbonyl (C=O) groups excluding carboxylic acids is 1. The smallest absolute Gasteiger partial charge is 1.00 e. The summed E-state index contributed by atoms with van der Waals surface area (Å²) in [5.74, 6) is -0.584. The number of hydrogen-bond donors (Lipinski definition) is 2. The molecule has 6 nitrogen and oxygen atoms in total. The number of amides is 1. The van der Waals surface area contributed by atoms with Crippen LogP contribution in [0.4, 0.5) is 5.82 Å². The predicted molar refractivity (Wildman–Crippen MR) is 62.7 cm³/mol. The summed E-state index contributed by atoms with van der Waals surface area (Å²) in [4.78, 5) is 15.1. The number of pyridine rings is 1. The first-order valence-electron chi connectivity index (χ1n) is 4.21. The van der Waals surface area contributed by atoms with Gasteiger partial charge in [0.15, 0.2) is 0 Å². The Bertz CT molecular complexity index is 480. The topological polar surface area (TPSA) is 96.4 Å². The molecule has 1 amide bonds. The van der Waals surface area contributed by atoms with Gasteiger partial charge in [-0.15, -0.1) is 0 Å². The predicted octanol–water partition coefficient (Wildman–Crippen LogP) is -2.02. The molecular formula is C8H11N2NaO4S2. The molecule has 0 radical (unpaired) electrons. The van der Waals surface area contributed by atoms with Crippen molar-refractivity contribution < 1.29 is 48.7 Å². The first kappa shape index (κ1) is 16.9. The molecule has 0 saturated heterocycles. The van der Waals surface area contributed by atoms with Crippen molar-refractivity contribution in [2.45, 2.75) is 6.92 Å². The number of hydrogen-bond acceptors (Lipinski definition) is 5. The second kappa shape index (κ2) is 7.34. The van der Waals surface area contributed by atoms with Crippen molar-refractivity contribution in [2.75, 3.05) is 11.1 Å². The monoisotopic (exact) mass is 286 g/mol. The Morgan fingerprint density at radius 3 is 2.71 bits per heavy atom. The maximum Gasteiger partial charge on any atom is 1.00 e. The molecule has 0 spiro atoms. The van der Waals surface area contributed by atoms with Gasteiger partial charge in [0, 0.05) is 17.0 Å². The standard InChI is InChI=1S/C8H10N2O4S2.Na.H/c1-6-2-3-7(9-4-6)10-8(11)5-15-16(12,13)14;;/h2-4H,5H2,1H3,(H,9,10,11)(H,12,13,14);;/q;+1;-1. The number of aryl methyl sites for hydroxylation is 1. The Labute approximate surface area is 127 Å². The summed E-state index contributed by atoms with van der Waals surface area (Å²) in [6, 6.07) is 3.36. The van der Waals surface area contributed by atoms with E-state index in [4.69, 9.17) is 4.55 Å². The van der Waals surface area contributed by atoms with Crippen LogP contribution in [0.3, 0.4) is 0 Å². The Kier molecular flexibility index (Phi) is 7.29. The minimum Gasteiger partial charge on any atom is -1.00 e. The van der Waals surface area contributed by atoms with Crippen LogP contribution in [0, 0.1) is 6.92 Å². The molecule has 9 heteroatoms. The number of carbonyl (C=O) groups is 1. The summed E-state index contributed by atoms with van der Waals surface area (Å²) in [6.07, 6.45) is 1.57. The van der Waals surface area contributed by atoms with Crippen LogP contribution in [0.2, 0.25) is 0 Å². The molecule has 0 fully saturated rings. The van der Waals surface area contributed by atoms with Gasteiger partial charge in [0.25, 0.3) is 0 Å². The largest absolute Gasteiger partial charge is 1.00 e. The maximum atomic E-state index is 11.2. The van der Waals surface area contributed by atoms with Gasteiger partial charge in [-0.05, 0) is 18.6 Å². The zero-order valence-electron chi connectivity index (χ0n) is 10.4. The molecule has 1 heterocycles. The van der Waals surface area contributed by atoms with Gasteiger partial charge < -0.3 is 6.74 Å². The molecule has 1 rings (SSSR count). The summed E-state index contributed by atoms with van der Waals surface area (Å²) < 4.78 is 29.1. The van der Waals surface area contributed by atoms with E-state index < -0.39 is 15.1 Å². The Hall–Kier alpha value is -0.120. The maximum absolute atomic E-state index is 11.2. The third-order valence-electron chi connectivity index (χ3n) is 1.52. The average molecular weight is 286 g/mol. The third kappa shape index (κ3) is 7.74. The summed E-state index contributed by atoms with van der Waals surface area (Å²) in [6.45, 7) is 1.85. The molecule has 1 aromatic heterocycles. The van der Waals surface area contributed by atoms with E-state index >= 15 is 0 Å². The molecule has 0 bridgehead atoms. The number of aromatic nitrogens is 1. The molecule has 0 aliphatic carbocycles. The quantitative estimate of drug-likeness (QED) is 0.377. The van der Waals surface area contributed by atoms with Gasteiger partial charge in [0.2, 0.25) is 5.91 Å². The van der Waals surface area contributed by atoms with Crippen molar-refractivity contribution in [1.29, 1.82) is 0 Å². The molecule has 2 N–H and O–H groups in total. The van der Waals surface area contributed by atoms with Crippen LogP contribution in [-0.2, 0) is 13.9 Å².